The first-order valence-electron chi connectivity index (χ1n) is 4.83. The summed E-state index contributed by atoms with van der Waals surface area (Å²) in [6, 6.07) is 0. The summed E-state index contributed by atoms with van der Waals surface area (Å²) in [6.07, 6.45) is 2.14. The molecule has 0 aromatic heterocycles. The van der Waals surface area contributed by atoms with Crippen molar-refractivity contribution >= 4 is 5.91 Å². The van der Waals surface area contributed by atoms with Gasteiger partial charge in [0.15, 0.2) is 0 Å². The van der Waals surface area contributed by atoms with Gasteiger partial charge in [0.25, 0.3) is 0 Å². The second kappa shape index (κ2) is 4.07. The first-order chi connectivity index (χ1) is 6.36. The monoisotopic (exact) mass is 185 g/mol. The van der Waals surface area contributed by atoms with E-state index in [4.69, 9.17) is 4.74 Å². The van der Waals surface area contributed by atoms with Crippen molar-refractivity contribution in [1.82, 2.24) is 4.90 Å². The van der Waals surface area contributed by atoms with Gasteiger partial charge in [-0.05, 0) is 6.42 Å². The lowest BCUT2D eigenvalue weighted by atomic mass is 10.4. The lowest BCUT2D eigenvalue weighted by molar-refractivity contribution is -0.127. The summed E-state index contributed by atoms with van der Waals surface area (Å²) >= 11 is 0. The number of hydrogen-bond donors (Lipinski definition) is 0. The molecule has 0 radical (unpaired) electrons. The van der Waals surface area contributed by atoms with Crippen LogP contribution in [0.25, 0.3) is 0 Å². The zero-order chi connectivity index (χ0) is 9.10. The van der Waals surface area contributed by atoms with E-state index < -0.39 is 0 Å². The van der Waals surface area contributed by atoms with Crippen molar-refractivity contribution in [2.24, 2.45) is 0 Å². The predicted octanol–water partition coefficient (Wildman–Crippen LogP) is 0.0242. The Hall–Kier alpha value is -0.610. The van der Waals surface area contributed by atoms with Gasteiger partial charge in [-0.15, -0.1) is 0 Å². The molecule has 0 aromatic rings. The van der Waals surface area contributed by atoms with Crippen LogP contribution in [-0.4, -0.2) is 49.8 Å². The van der Waals surface area contributed by atoms with Crippen molar-refractivity contribution in [3.63, 3.8) is 0 Å². The number of rotatable bonds is 2. The topological polar surface area (TPSA) is 45.4 Å². The van der Waals surface area contributed by atoms with Gasteiger partial charge >= 0.3 is 0 Å². The molecule has 0 bridgehead atoms. The third-order valence-corrected chi connectivity index (χ3v) is 2.20. The van der Waals surface area contributed by atoms with Gasteiger partial charge in [0, 0.05) is 19.5 Å². The van der Waals surface area contributed by atoms with Crippen molar-refractivity contribution in [1.29, 1.82) is 0 Å². The number of ether oxygens (including phenoxy) is 2. The van der Waals surface area contributed by atoms with E-state index in [1.807, 2.05) is 4.90 Å². The third-order valence-electron chi connectivity index (χ3n) is 2.20. The Bertz CT molecular complexity index is 187. The fraction of sp³-hybridized carbons (Fsp3) is 0.889. The van der Waals surface area contributed by atoms with Crippen molar-refractivity contribution in [3.05, 3.63) is 0 Å². The van der Waals surface area contributed by atoms with Crippen molar-refractivity contribution in [2.75, 3.05) is 32.9 Å². The number of hydrogen-bond acceptors (Lipinski definition) is 3. The maximum atomic E-state index is 11.0. The zero-order valence-electron chi connectivity index (χ0n) is 7.70. The quantitative estimate of drug-likeness (QED) is 0.570. The van der Waals surface area contributed by atoms with E-state index in [0.29, 0.717) is 12.0 Å². The Morgan fingerprint density at radius 2 is 2.15 bits per heavy atom. The normalized spacial score (nSPS) is 29.7. The Balaban J connectivity index is 0.000000185. The molecule has 1 unspecified atom stereocenters. The molecule has 3 aliphatic rings. The maximum Gasteiger partial charge on any atom is 0.222 e. The van der Waals surface area contributed by atoms with Crippen LogP contribution < -0.4 is 0 Å². The van der Waals surface area contributed by atoms with E-state index in [9.17, 15) is 4.79 Å². The van der Waals surface area contributed by atoms with Crippen LogP contribution in [0.15, 0.2) is 0 Å². The van der Waals surface area contributed by atoms with Gasteiger partial charge in [0.1, 0.15) is 0 Å². The van der Waals surface area contributed by atoms with Gasteiger partial charge in [0.2, 0.25) is 5.91 Å². The third kappa shape index (κ3) is 3.32. The van der Waals surface area contributed by atoms with Crippen LogP contribution in [0.3, 0.4) is 0 Å². The molecule has 1 atom stereocenters. The molecule has 0 aliphatic carbocycles. The first kappa shape index (κ1) is 8.97. The number of carbonyl (C=O) groups is 1. The minimum Gasteiger partial charge on any atom is -0.377 e. The van der Waals surface area contributed by atoms with Gasteiger partial charge in [0.05, 0.1) is 25.9 Å². The molecule has 3 fully saturated rings. The van der Waals surface area contributed by atoms with E-state index >= 15 is 0 Å². The molecule has 0 aromatic carbocycles. The second-order valence-corrected chi connectivity index (χ2v) is 3.51. The smallest absolute Gasteiger partial charge is 0.222 e. The average molecular weight is 185 g/mol. The highest BCUT2D eigenvalue weighted by atomic mass is 16.6. The van der Waals surface area contributed by atoms with Crippen LogP contribution in [0.5, 0.6) is 0 Å². The van der Waals surface area contributed by atoms with Crippen LogP contribution in [0.1, 0.15) is 12.8 Å². The molecule has 0 saturated carbocycles. The Morgan fingerprint density at radius 3 is 2.54 bits per heavy atom. The van der Waals surface area contributed by atoms with E-state index in [-0.39, 0.29) is 0 Å². The van der Waals surface area contributed by atoms with Gasteiger partial charge in [-0.25, -0.2) is 0 Å². The van der Waals surface area contributed by atoms with Gasteiger partial charge in [-0.2, -0.15) is 0 Å². The van der Waals surface area contributed by atoms with E-state index in [0.717, 1.165) is 45.8 Å². The molecular weight excluding hydrogens is 170 g/mol. The van der Waals surface area contributed by atoms with Gasteiger partial charge in [-0.3, -0.25) is 4.79 Å². The second-order valence-electron chi connectivity index (χ2n) is 3.51. The molecule has 3 aliphatic heterocycles. The predicted molar refractivity (Wildman–Crippen MR) is 46.4 cm³/mol. The van der Waals surface area contributed by atoms with Crippen LogP contribution >= 0.6 is 0 Å². The Labute approximate surface area is 77.8 Å². The number of carbonyl (C=O) groups excluding carboxylic acids is 1. The number of nitrogens with zero attached hydrogens (tertiary/aromatic N) is 1. The largest absolute Gasteiger partial charge is 0.377 e. The molecule has 0 N–H and O–H groups in total. The molecule has 3 saturated heterocycles. The summed E-state index contributed by atoms with van der Waals surface area (Å²) in [5.74, 6) is 0.301. The number of epoxide rings is 2. The molecular formula is C9H15NO3. The highest BCUT2D eigenvalue weighted by molar-refractivity contribution is 5.78. The van der Waals surface area contributed by atoms with Gasteiger partial charge in [-0.1, -0.05) is 0 Å². The molecule has 74 valence electrons. The summed E-state index contributed by atoms with van der Waals surface area (Å²) in [7, 11) is 0. The van der Waals surface area contributed by atoms with Crippen LogP contribution in [0.2, 0.25) is 0 Å². The number of likely N-dealkylation sites (tertiary alicyclic amines) is 1. The van der Waals surface area contributed by atoms with E-state index in [2.05, 4.69) is 4.74 Å². The lowest BCUT2D eigenvalue weighted by Gasteiger charge is -2.12. The van der Waals surface area contributed by atoms with Gasteiger partial charge < -0.3 is 14.4 Å². The minimum absolute atomic E-state index is 0.301. The highest BCUT2D eigenvalue weighted by Gasteiger charge is 2.29. The number of amides is 1. The summed E-state index contributed by atoms with van der Waals surface area (Å²) in [5.41, 5.74) is 0. The van der Waals surface area contributed by atoms with Crippen molar-refractivity contribution in [3.8, 4) is 0 Å². The minimum atomic E-state index is 0.301. The lowest BCUT2D eigenvalue weighted by Crippen LogP contribution is -2.28. The fourth-order valence-corrected chi connectivity index (χ4v) is 1.32. The van der Waals surface area contributed by atoms with E-state index in [1.54, 1.807) is 0 Å². The van der Waals surface area contributed by atoms with Crippen LogP contribution in [0.4, 0.5) is 0 Å². The summed E-state index contributed by atoms with van der Waals surface area (Å²) in [4.78, 5) is 12.9. The zero-order valence-corrected chi connectivity index (χ0v) is 7.70. The fourth-order valence-electron chi connectivity index (χ4n) is 1.32. The van der Waals surface area contributed by atoms with Crippen molar-refractivity contribution < 1.29 is 14.3 Å². The van der Waals surface area contributed by atoms with Crippen molar-refractivity contribution in [2.45, 2.75) is 18.9 Å². The molecule has 4 nitrogen and oxygen atoms in total. The molecule has 0 spiro atoms. The molecule has 1 amide bonds. The van der Waals surface area contributed by atoms with E-state index in [1.165, 1.54) is 0 Å². The summed E-state index contributed by atoms with van der Waals surface area (Å²) in [6.45, 7) is 4.63. The first-order valence-corrected chi connectivity index (χ1v) is 4.83. The average Bonchev–Trinajstić information content (AvgIpc) is 3.00. The summed E-state index contributed by atoms with van der Waals surface area (Å²) < 4.78 is 9.52. The Kier molecular flexibility index (Phi) is 2.80. The maximum absolute atomic E-state index is 11.0. The molecule has 4 heteroatoms. The molecule has 3 heterocycles. The van der Waals surface area contributed by atoms with Crippen LogP contribution in [0, 0.1) is 0 Å². The molecule has 3 rings (SSSR count). The van der Waals surface area contributed by atoms with Crippen LogP contribution in [-0.2, 0) is 14.3 Å². The SMILES string of the molecule is C1CO1.O=C1CCCN1CC1CO1. The summed E-state index contributed by atoms with van der Waals surface area (Å²) in [5, 5.41) is 0. The molecule has 13 heavy (non-hydrogen) atoms. The Morgan fingerprint density at radius 1 is 1.46 bits per heavy atom. The standard InChI is InChI=1S/C7H11NO2.C2H4O/c9-7-2-1-3-8(7)4-6-5-10-6;1-2-3-1/h6H,1-5H2;1-2H2. The highest BCUT2D eigenvalue weighted by Crippen LogP contribution is 2.16.